The number of morpholine rings is 1. The number of rotatable bonds is 10. The van der Waals surface area contributed by atoms with Gasteiger partial charge in [-0.15, -0.1) is 0 Å². The molecule has 5 aliphatic rings. The van der Waals surface area contributed by atoms with E-state index in [1.54, 1.807) is 0 Å². The van der Waals surface area contributed by atoms with Crippen LogP contribution in [-0.2, 0) is 4.74 Å². The van der Waals surface area contributed by atoms with E-state index in [1.807, 2.05) is 0 Å². The highest BCUT2D eigenvalue weighted by atomic mass is 16.5. The lowest BCUT2D eigenvalue weighted by Crippen LogP contribution is -2.59. The molecule has 4 saturated carbocycles. The summed E-state index contributed by atoms with van der Waals surface area (Å²) in [6, 6.07) is 0.651. The fourth-order valence-corrected chi connectivity index (χ4v) is 10.9. The number of aliphatic hydroxyl groups is 1. The third kappa shape index (κ3) is 5.90. The molecular formula is C34H62N2O2. The quantitative estimate of drug-likeness (QED) is 0.306. The Balaban J connectivity index is 1.16. The molecule has 1 saturated heterocycles. The van der Waals surface area contributed by atoms with Crippen LogP contribution in [0, 0.1) is 52.3 Å². The molecule has 0 amide bonds. The van der Waals surface area contributed by atoms with Gasteiger partial charge in [-0.25, -0.2) is 0 Å². The standard InChI is InChI=1S/C34H62N2O2/c1-24(2)8-6-9-25(3)28-10-11-29-32-30(13-15-34(28,29)5)33(4)14-12-27(22-26(33)23-31(32)37)35-16-7-17-36-18-20-38-21-19-36/h24-32,35,37H,6-23H2,1-5H3/t25-,26-,27+,28-,29?,30?,31-,32?,33+,34-/m1/s1. The zero-order chi connectivity index (χ0) is 26.9. The average Bonchev–Trinajstić information content (AvgIpc) is 3.25. The Labute approximate surface area is 235 Å². The summed E-state index contributed by atoms with van der Waals surface area (Å²) in [7, 11) is 0. The molecular weight excluding hydrogens is 468 g/mol. The zero-order valence-electron chi connectivity index (χ0n) is 25.7. The second-order valence-electron chi connectivity index (χ2n) is 15.6. The largest absolute Gasteiger partial charge is 0.393 e. The maximum absolute atomic E-state index is 11.8. The Morgan fingerprint density at radius 3 is 2.39 bits per heavy atom. The van der Waals surface area contributed by atoms with Crippen LogP contribution in [0.3, 0.4) is 0 Å². The topological polar surface area (TPSA) is 44.7 Å². The number of nitrogens with zero attached hydrogens (tertiary/aromatic N) is 1. The van der Waals surface area contributed by atoms with Gasteiger partial charge in [0.15, 0.2) is 0 Å². The van der Waals surface area contributed by atoms with Crippen LogP contribution in [0.25, 0.3) is 0 Å². The van der Waals surface area contributed by atoms with E-state index in [4.69, 9.17) is 4.74 Å². The third-order valence-corrected chi connectivity index (χ3v) is 13.1. The fraction of sp³-hybridized carbons (Fsp3) is 1.00. The van der Waals surface area contributed by atoms with E-state index in [-0.39, 0.29) is 6.10 Å². The van der Waals surface area contributed by atoms with Crippen LogP contribution in [0.2, 0.25) is 0 Å². The Morgan fingerprint density at radius 2 is 1.63 bits per heavy atom. The molecule has 1 aliphatic heterocycles. The smallest absolute Gasteiger partial charge is 0.0594 e. The third-order valence-electron chi connectivity index (χ3n) is 13.1. The average molecular weight is 531 g/mol. The molecule has 38 heavy (non-hydrogen) atoms. The Kier molecular flexibility index (Phi) is 9.55. The van der Waals surface area contributed by atoms with Crippen molar-refractivity contribution in [2.45, 2.75) is 124 Å². The molecule has 4 aliphatic carbocycles. The minimum atomic E-state index is -0.0715. The van der Waals surface area contributed by atoms with E-state index in [0.29, 0.717) is 28.7 Å². The molecule has 1 heterocycles. The van der Waals surface area contributed by atoms with Crippen LogP contribution in [0.5, 0.6) is 0 Å². The number of ether oxygens (including phenoxy) is 1. The molecule has 4 heteroatoms. The number of fused-ring (bicyclic) bond motifs is 5. The highest BCUT2D eigenvalue weighted by molar-refractivity contribution is 5.12. The maximum Gasteiger partial charge on any atom is 0.0594 e. The SMILES string of the molecule is CC(C)CCC[C@@H](C)[C@H]1CCC2C3C(CC[C@@]21C)[C@@]1(C)CC[C@H](NCCCN2CCOCC2)C[C@@H]1C[C@H]3O. The van der Waals surface area contributed by atoms with Gasteiger partial charge >= 0.3 is 0 Å². The normalized spacial score (nSPS) is 44.4. The van der Waals surface area contributed by atoms with E-state index < -0.39 is 0 Å². The summed E-state index contributed by atoms with van der Waals surface area (Å²) >= 11 is 0. The van der Waals surface area contributed by atoms with Gasteiger partial charge in [-0.1, -0.05) is 53.9 Å². The van der Waals surface area contributed by atoms with Crippen LogP contribution < -0.4 is 5.32 Å². The van der Waals surface area contributed by atoms with E-state index >= 15 is 0 Å². The minimum Gasteiger partial charge on any atom is -0.393 e. The van der Waals surface area contributed by atoms with E-state index in [2.05, 4.69) is 44.8 Å². The van der Waals surface area contributed by atoms with Crippen LogP contribution >= 0.6 is 0 Å². The highest BCUT2D eigenvalue weighted by Crippen LogP contribution is 2.68. The highest BCUT2D eigenvalue weighted by Gasteiger charge is 2.62. The predicted octanol–water partition coefficient (Wildman–Crippen LogP) is 6.76. The summed E-state index contributed by atoms with van der Waals surface area (Å²) in [5.41, 5.74) is 0.903. The van der Waals surface area contributed by atoms with Crippen molar-refractivity contribution >= 4 is 0 Å². The molecule has 0 aromatic carbocycles. The van der Waals surface area contributed by atoms with Crippen molar-refractivity contribution in [3.63, 3.8) is 0 Å². The molecule has 0 aromatic rings. The lowest BCUT2D eigenvalue weighted by atomic mass is 9.43. The van der Waals surface area contributed by atoms with E-state index in [9.17, 15) is 5.11 Å². The van der Waals surface area contributed by atoms with Crippen molar-refractivity contribution in [3.05, 3.63) is 0 Å². The number of hydrogen-bond donors (Lipinski definition) is 2. The van der Waals surface area contributed by atoms with Gasteiger partial charge in [0.2, 0.25) is 0 Å². The molecule has 2 N–H and O–H groups in total. The van der Waals surface area contributed by atoms with E-state index in [0.717, 1.165) is 68.9 Å². The summed E-state index contributed by atoms with van der Waals surface area (Å²) in [6.07, 6.45) is 16.0. The van der Waals surface area contributed by atoms with Crippen LogP contribution in [0.1, 0.15) is 112 Å². The van der Waals surface area contributed by atoms with Crippen LogP contribution in [0.4, 0.5) is 0 Å². The van der Waals surface area contributed by atoms with Gasteiger partial charge in [-0.05, 0) is 123 Å². The fourth-order valence-electron chi connectivity index (χ4n) is 10.9. The summed E-state index contributed by atoms with van der Waals surface area (Å²) in [5, 5.41) is 15.7. The lowest BCUT2D eigenvalue weighted by molar-refractivity contribution is -0.167. The summed E-state index contributed by atoms with van der Waals surface area (Å²) in [4.78, 5) is 2.55. The van der Waals surface area contributed by atoms with Crippen molar-refractivity contribution < 1.29 is 9.84 Å². The van der Waals surface area contributed by atoms with Gasteiger partial charge in [0.25, 0.3) is 0 Å². The van der Waals surface area contributed by atoms with Crippen molar-refractivity contribution in [3.8, 4) is 0 Å². The maximum atomic E-state index is 11.8. The summed E-state index contributed by atoms with van der Waals surface area (Å²) in [6.45, 7) is 18.9. The van der Waals surface area contributed by atoms with Crippen molar-refractivity contribution in [1.29, 1.82) is 0 Å². The van der Waals surface area contributed by atoms with E-state index in [1.165, 1.54) is 77.2 Å². The second-order valence-corrected chi connectivity index (χ2v) is 15.6. The number of aliphatic hydroxyl groups excluding tert-OH is 1. The van der Waals surface area contributed by atoms with Gasteiger partial charge in [0.05, 0.1) is 19.3 Å². The Hall–Kier alpha value is -0.160. The molecule has 220 valence electrons. The van der Waals surface area contributed by atoms with Crippen molar-refractivity contribution in [1.82, 2.24) is 10.2 Å². The molecule has 5 fully saturated rings. The Morgan fingerprint density at radius 1 is 0.895 bits per heavy atom. The summed E-state index contributed by atoms with van der Waals surface area (Å²) in [5.74, 6) is 5.29. The first-order valence-corrected chi connectivity index (χ1v) is 16.9. The first-order valence-electron chi connectivity index (χ1n) is 16.9. The van der Waals surface area contributed by atoms with Gasteiger partial charge < -0.3 is 15.2 Å². The minimum absolute atomic E-state index is 0.0715. The molecule has 10 atom stereocenters. The van der Waals surface area contributed by atoms with Gasteiger partial charge in [-0.2, -0.15) is 0 Å². The van der Waals surface area contributed by atoms with Crippen molar-refractivity contribution in [2.75, 3.05) is 39.4 Å². The zero-order valence-corrected chi connectivity index (χ0v) is 25.7. The molecule has 4 nitrogen and oxygen atoms in total. The first kappa shape index (κ1) is 29.3. The number of hydrogen-bond acceptors (Lipinski definition) is 4. The van der Waals surface area contributed by atoms with Gasteiger partial charge in [0.1, 0.15) is 0 Å². The predicted molar refractivity (Wildman–Crippen MR) is 158 cm³/mol. The lowest BCUT2D eigenvalue weighted by Gasteiger charge is -2.62. The van der Waals surface area contributed by atoms with Crippen LogP contribution in [0.15, 0.2) is 0 Å². The molecule has 3 unspecified atom stereocenters. The Bertz CT molecular complexity index is 753. The molecule has 0 aromatic heterocycles. The number of nitrogens with one attached hydrogen (secondary N) is 1. The first-order chi connectivity index (χ1) is 18.2. The summed E-state index contributed by atoms with van der Waals surface area (Å²) < 4.78 is 5.49. The van der Waals surface area contributed by atoms with Crippen LogP contribution in [-0.4, -0.2) is 61.5 Å². The van der Waals surface area contributed by atoms with Gasteiger partial charge in [0, 0.05) is 19.1 Å². The van der Waals surface area contributed by atoms with Crippen molar-refractivity contribution in [2.24, 2.45) is 52.3 Å². The van der Waals surface area contributed by atoms with Gasteiger partial charge in [-0.3, -0.25) is 4.90 Å². The monoisotopic (exact) mass is 530 g/mol. The second kappa shape index (κ2) is 12.4. The molecule has 0 spiro atoms. The molecule has 0 radical (unpaired) electrons. The molecule has 0 bridgehead atoms. The molecule has 5 rings (SSSR count).